The van der Waals surface area contributed by atoms with Crippen LogP contribution in [0.1, 0.15) is 62.6 Å². The highest BCUT2D eigenvalue weighted by Gasteiger charge is 2.28. The smallest absolute Gasteiger partial charge is 0.0991 e. The summed E-state index contributed by atoms with van der Waals surface area (Å²) >= 11 is 0. The number of nitrogens with one attached hydrogen (secondary N) is 1. The van der Waals surface area contributed by atoms with E-state index >= 15 is 0 Å². The summed E-state index contributed by atoms with van der Waals surface area (Å²) < 4.78 is 0. The molecule has 0 amide bonds. The fourth-order valence-corrected chi connectivity index (χ4v) is 2.90. The summed E-state index contributed by atoms with van der Waals surface area (Å²) in [6.45, 7) is 2.71. The summed E-state index contributed by atoms with van der Waals surface area (Å²) in [6.07, 6.45) is 6.51. The lowest BCUT2D eigenvalue weighted by Gasteiger charge is -2.29. The molecule has 0 aromatic heterocycles. The zero-order valence-electron chi connectivity index (χ0n) is 12.2. The average Bonchev–Trinajstić information content (AvgIpc) is 2.70. The molecule has 0 heterocycles. The number of aliphatic hydroxyl groups is 1. The van der Waals surface area contributed by atoms with Crippen LogP contribution in [0.5, 0.6) is 0 Å². The van der Waals surface area contributed by atoms with Crippen molar-refractivity contribution >= 4 is 0 Å². The fraction of sp³-hybridized carbons (Fsp3) is 0.588. The van der Waals surface area contributed by atoms with Crippen molar-refractivity contribution < 1.29 is 5.11 Å². The highest BCUT2D eigenvalue weighted by molar-refractivity contribution is 5.34. The van der Waals surface area contributed by atoms with Gasteiger partial charge in [-0.2, -0.15) is 5.26 Å². The predicted octanol–water partition coefficient (Wildman–Crippen LogP) is 3.29. The van der Waals surface area contributed by atoms with E-state index in [1.807, 2.05) is 24.3 Å². The van der Waals surface area contributed by atoms with Gasteiger partial charge in [-0.05, 0) is 37.5 Å². The number of hydrogen-bond donors (Lipinski definition) is 2. The van der Waals surface area contributed by atoms with Crippen molar-refractivity contribution in [1.29, 1.82) is 5.26 Å². The molecule has 1 atom stereocenters. The molecule has 1 aromatic carbocycles. The molecule has 20 heavy (non-hydrogen) atoms. The van der Waals surface area contributed by atoms with Crippen molar-refractivity contribution in [2.45, 2.75) is 57.1 Å². The molecule has 108 valence electrons. The minimum absolute atomic E-state index is 0.149. The zero-order chi connectivity index (χ0) is 14.4. The maximum atomic E-state index is 10.6. The number of nitriles is 1. The summed E-state index contributed by atoms with van der Waals surface area (Å²) in [5.74, 6) is 0. The van der Waals surface area contributed by atoms with E-state index in [1.165, 1.54) is 12.8 Å². The molecule has 0 saturated heterocycles. The second-order valence-corrected chi connectivity index (χ2v) is 5.98. The van der Waals surface area contributed by atoms with E-state index < -0.39 is 5.60 Å². The van der Waals surface area contributed by atoms with Gasteiger partial charge in [-0.3, -0.25) is 0 Å². The van der Waals surface area contributed by atoms with E-state index in [1.54, 1.807) is 0 Å². The van der Waals surface area contributed by atoms with Crippen LogP contribution >= 0.6 is 0 Å². The summed E-state index contributed by atoms with van der Waals surface area (Å²) in [5, 5.41) is 23.0. The molecule has 1 unspecified atom stereocenters. The number of hydrogen-bond acceptors (Lipinski definition) is 3. The molecule has 1 aromatic rings. The van der Waals surface area contributed by atoms with Gasteiger partial charge in [0.25, 0.3) is 0 Å². The van der Waals surface area contributed by atoms with Crippen molar-refractivity contribution in [1.82, 2.24) is 5.32 Å². The molecule has 2 rings (SSSR count). The quantitative estimate of drug-likeness (QED) is 0.827. The molecule has 0 spiro atoms. The van der Waals surface area contributed by atoms with Crippen molar-refractivity contribution in [2.24, 2.45) is 0 Å². The van der Waals surface area contributed by atoms with Crippen molar-refractivity contribution in [3.63, 3.8) is 0 Å². The Labute approximate surface area is 121 Å². The lowest BCUT2D eigenvalue weighted by Crippen LogP contribution is -2.41. The van der Waals surface area contributed by atoms with Gasteiger partial charge in [0.1, 0.15) is 0 Å². The Morgan fingerprint density at radius 2 is 2.00 bits per heavy atom. The maximum absolute atomic E-state index is 10.6. The van der Waals surface area contributed by atoms with Gasteiger partial charge in [0, 0.05) is 12.6 Å². The molecule has 1 aliphatic rings. The third-order valence-corrected chi connectivity index (χ3v) is 4.29. The molecule has 0 bridgehead atoms. The Morgan fingerprint density at radius 3 is 2.65 bits per heavy atom. The first-order valence-electron chi connectivity index (χ1n) is 7.59. The van der Waals surface area contributed by atoms with Crippen molar-refractivity contribution in [3.8, 4) is 6.07 Å². The van der Waals surface area contributed by atoms with Gasteiger partial charge < -0.3 is 10.4 Å². The Morgan fingerprint density at radius 1 is 1.30 bits per heavy atom. The predicted molar refractivity (Wildman–Crippen MR) is 80.2 cm³/mol. The fourth-order valence-electron chi connectivity index (χ4n) is 2.90. The summed E-state index contributed by atoms with van der Waals surface area (Å²) in [6, 6.07) is 9.97. The first-order chi connectivity index (χ1) is 9.63. The van der Waals surface area contributed by atoms with Crippen molar-refractivity contribution in [3.05, 3.63) is 35.4 Å². The first kappa shape index (κ1) is 15.0. The molecule has 2 N–H and O–H groups in total. The Kier molecular flexibility index (Phi) is 5.17. The van der Waals surface area contributed by atoms with Gasteiger partial charge in [0.2, 0.25) is 0 Å². The van der Waals surface area contributed by atoms with E-state index in [-0.39, 0.29) is 6.04 Å². The minimum Gasteiger partial charge on any atom is -0.389 e. The number of benzene rings is 1. The summed E-state index contributed by atoms with van der Waals surface area (Å²) in [7, 11) is 0. The Bertz CT molecular complexity index is 470. The lowest BCUT2D eigenvalue weighted by molar-refractivity contribution is 0.0231. The second-order valence-electron chi connectivity index (χ2n) is 5.98. The molecule has 3 heteroatoms. The highest BCUT2D eigenvalue weighted by atomic mass is 16.3. The van der Waals surface area contributed by atoms with Crippen LogP contribution in [0.4, 0.5) is 0 Å². The first-order valence-corrected chi connectivity index (χ1v) is 7.59. The van der Waals surface area contributed by atoms with Crippen LogP contribution in [0.15, 0.2) is 24.3 Å². The number of rotatable bonds is 4. The van der Waals surface area contributed by atoms with Gasteiger partial charge in [-0.1, -0.05) is 37.8 Å². The summed E-state index contributed by atoms with van der Waals surface area (Å²) in [5.41, 5.74) is 1.23. The van der Waals surface area contributed by atoms with Gasteiger partial charge >= 0.3 is 0 Å². The monoisotopic (exact) mass is 272 g/mol. The minimum atomic E-state index is -0.558. The topological polar surface area (TPSA) is 56.0 Å². The van der Waals surface area contributed by atoms with Crippen LogP contribution in [0.3, 0.4) is 0 Å². The number of nitrogens with zero attached hydrogens (tertiary/aromatic N) is 1. The molecule has 0 radical (unpaired) electrons. The van der Waals surface area contributed by atoms with Gasteiger partial charge in [0.15, 0.2) is 0 Å². The second kappa shape index (κ2) is 6.88. The Hall–Kier alpha value is -1.37. The average molecular weight is 272 g/mol. The lowest BCUT2D eigenvalue weighted by atomic mass is 9.94. The van der Waals surface area contributed by atoms with E-state index in [9.17, 15) is 5.11 Å². The van der Waals surface area contributed by atoms with Gasteiger partial charge in [0.05, 0.1) is 17.2 Å². The molecular weight excluding hydrogens is 248 g/mol. The molecule has 1 fully saturated rings. The zero-order valence-corrected chi connectivity index (χ0v) is 12.2. The summed E-state index contributed by atoms with van der Waals surface area (Å²) in [4.78, 5) is 0. The molecular formula is C17H24N2O. The van der Waals surface area contributed by atoms with Crippen LogP contribution in [-0.4, -0.2) is 17.3 Å². The standard InChI is InChI=1S/C17H24N2O/c1-14(16-8-6-7-15(11-16)12-18)19-13-17(20)9-4-2-3-5-10-17/h6-8,11,14,19-20H,2-5,9-10,13H2,1H3. The Balaban J connectivity index is 1.93. The van der Waals surface area contributed by atoms with E-state index in [2.05, 4.69) is 18.3 Å². The van der Waals surface area contributed by atoms with Crippen LogP contribution < -0.4 is 5.32 Å². The third kappa shape index (κ3) is 4.06. The van der Waals surface area contributed by atoms with Crippen LogP contribution in [-0.2, 0) is 0 Å². The van der Waals surface area contributed by atoms with Crippen LogP contribution in [0.2, 0.25) is 0 Å². The van der Waals surface area contributed by atoms with Crippen molar-refractivity contribution in [2.75, 3.05) is 6.54 Å². The van der Waals surface area contributed by atoms with E-state index in [0.29, 0.717) is 12.1 Å². The molecule has 0 aliphatic heterocycles. The van der Waals surface area contributed by atoms with Crippen LogP contribution in [0.25, 0.3) is 0 Å². The van der Waals surface area contributed by atoms with E-state index in [0.717, 1.165) is 31.2 Å². The maximum Gasteiger partial charge on any atom is 0.0991 e. The largest absolute Gasteiger partial charge is 0.389 e. The van der Waals surface area contributed by atoms with E-state index in [4.69, 9.17) is 5.26 Å². The molecule has 1 aliphatic carbocycles. The highest BCUT2D eigenvalue weighted by Crippen LogP contribution is 2.27. The van der Waals surface area contributed by atoms with Crippen LogP contribution in [0, 0.1) is 11.3 Å². The van der Waals surface area contributed by atoms with Gasteiger partial charge in [-0.15, -0.1) is 0 Å². The normalized spacial score (nSPS) is 19.9. The van der Waals surface area contributed by atoms with Gasteiger partial charge in [-0.25, -0.2) is 0 Å². The SMILES string of the molecule is CC(NCC1(O)CCCCCC1)c1cccc(C#N)c1. The molecule has 3 nitrogen and oxygen atoms in total. The third-order valence-electron chi connectivity index (χ3n) is 4.29. The molecule has 1 saturated carbocycles.